The van der Waals surface area contributed by atoms with Crippen molar-refractivity contribution in [1.82, 2.24) is 4.90 Å². The van der Waals surface area contributed by atoms with E-state index in [1.54, 1.807) is 0 Å². The topological polar surface area (TPSA) is 38.5 Å². The van der Waals surface area contributed by atoms with Gasteiger partial charge in [-0.05, 0) is 32.4 Å². The van der Waals surface area contributed by atoms with Crippen LogP contribution in [0.3, 0.4) is 0 Å². The third-order valence-electron chi connectivity index (χ3n) is 3.22. The molecule has 0 radical (unpaired) electrons. The Balaban J connectivity index is 1.78. The summed E-state index contributed by atoms with van der Waals surface area (Å²) < 4.78 is 5.46. The second-order valence-electron chi connectivity index (χ2n) is 4.30. The van der Waals surface area contributed by atoms with Gasteiger partial charge >= 0.3 is 0 Å². The highest BCUT2D eigenvalue weighted by atomic mass is 16.5. The summed E-state index contributed by atoms with van der Waals surface area (Å²) in [5, 5.41) is 0. The number of rotatable bonds is 2. The van der Waals surface area contributed by atoms with Crippen LogP contribution in [0.2, 0.25) is 0 Å². The molecule has 2 heterocycles. The van der Waals surface area contributed by atoms with E-state index in [0.29, 0.717) is 12.0 Å². The minimum absolute atomic E-state index is 0.370. The van der Waals surface area contributed by atoms with Crippen LogP contribution >= 0.6 is 0 Å². The minimum atomic E-state index is 0.370. The Hall–Kier alpha value is -0.120. The Kier molecular flexibility index (Phi) is 3.19. The fourth-order valence-corrected chi connectivity index (χ4v) is 2.30. The van der Waals surface area contributed by atoms with E-state index in [1.807, 2.05) is 0 Å². The van der Waals surface area contributed by atoms with Crippen molar-refractivity contribution in [2.75, 3.05) is 32.8 Å². The molecule has 0 saturated carbocycles. The van der Waals surface area contributed by atoms with E-state index in [0.717, 1.165) is 26.2 Å². The molecule has 0 aromatic carbocycles. The average molecular weight is 184 g/mol. The van der Waals surface area contributed by atoms with Gasteiger partial charge in [-0.15, -0.1) is 0 Å². The van der Waals surface area contributed by atoms with Crippen LogP contribution in [-0.4, -0.2) is 43.8 Å². The quantitative estimate of drug-likeness (QED) is 0.677. The van der Waals surface area contributed by atoms with E-state index in [-0.39, 0.29) is 0 Å². The number of ether oxygens (including phenoxy) is 1. The van der Waals surface area contributed by atoms with Gasteiger partial charge in [0.1, 0.15) is 0 Å². The van der Waals surface area contributed by atoms with E-state index in [2.05, 4.69) is 4.90 Å². The Morgan fingerprint density at radius 3 is 2.77 bits per heavy atom. The van der Waals surface area contributed by atoms with Crippen molar-refractivity contribution in [3.63, 3.8) is 0 Å². The lowest BCUT2D eigenvalue weighted by Crippen LogP contribution is -2.44. The van der Waals surface area contributed by atoms with Crippen molar-refractivity contribution >= 4 is 0 Å². The molecule has 2 atom stereocenters. The summed E-state index contributed by atoms with van der Waals surface area (Å²) in [6.45, 7) is 5.42. The second-order valence-corrected chi connectivity index (χ2v) is 4.30. The molecule has 2 unspecified atom stereocenters. The van der Waals surface area contributed by atoms with E-state index >= 15 is 0 Å². The normalized spacial score (nSPS) is 36.7. The SMILES string of the molecule is NC1CCOCC1CN1CCCC1. The van der Waals surface area contributed by atoms with Crippen LogP contribution in [0, 0.1) is 5.92 Å². The number of nitrogens with two attached hydrogens (primary N) is 1. The molecule has 13 heavy (non-hydrogen) atoms. The van der Waals surface area contributed by atoms with E-state index in [1.165, 1.54) is 25.9 Å². The maximum atomic E-state index is 6.05. The van der Waals surface area contributed by atoms with Gasteiger partial charge in [-0.25, -0.2) is 0 Å². The molecule has 76 valence electrons. The molecule has 0 aromatic heterocycles. The van der Waals surface area contributed by atoms with Crippen molar-refractivity contribution in [1.29, 1.82) is 0 Å². The van der Waals surface area contributed by atoms with E-state index in [9.17, 15) is 0 Å². The summed E-state index contributed by atoms with van der Waals surface area (Å²) in [6.07, 6.45) is 3.77. The molecule has 3 nitrogen and oxygen atoms in total. The van der Waals surface area contributed by atoms with Gasteiger partial charge in [0, 0.05) is 25.1 Å². The van der Waals surface area contributed by atoms with Gasteiger partial charge in [0.25, 0.3) is 0 Å². The molecule has 2 saturated heterocycles. The van der Waals surface area contributed by atoms with Crippen LogP contribution in [0.4, 0.5) is 0 Å². The summed E-state index contributed by atoms with van der Waals surface area (Å²) in [4.78, 5) is 2.53. The fraction of sp³-hybridized carbons (Fsp3) is 1.00. The van der Waals surface area contributed by atoms with Crippen LogP contribution in [0.25, 0.3) is 0 Å². The molecular formula is C10H20N2O. The lowest BCUT2D eigenvalue weighted by atomic mass is 9.96. The smallest absolute Gasteiger partial charge is 0.0521 e. The average Bonchev–Trinajstić information content (AvgIpc) is 2.61. The molecule has 2 N–H and O–H groups in total. The lowest BCUT2D eigenvalue weighted by Gasteiger charge is -2.31. The monoisotopic (exact) mass is 184 g/mol. The molecule has 0 aliphatic carbocycles. The Labute approximate surface area is 80.2 Å². The van der Waals surface area contributed by atoms with Crippen LogP contribution in [-0.2, 0) is 4.74 Å². The fourth-order valence-electron chi connectivity index (χ4n) is 2.30. The Bertz CT molecular complexity index is 157. The van der Waals surface area contributed by atoms with Gasteiger partial charge < -0.3 is 15.4 Å². The first kappa shape index (κ1) is 9.44. The van der Waals surface area contributed by atoms with Crippen molar-refractivity contribution in [2.24, 2.45) is 11.7 Å². The van der Waals surface area contributed by atoms with Crippen molar-refractivity contribution < 1.29 is 4.74 Å². The van der Waals surface area contributed by atoms with Crippen molar-refractivity contribution in [2.45, 2.75) is 25.3 Å². The molecule has 2 aliphatic rings. The minimum Gasteiger partial charge on any atom is -0.381 e. The number of likely N-dealkylation sites (tertiary alicyclic amines) is 1. The van der Waals surface area contributed by atoms with E-state index in [4.69, 9.17) is 10.5 Å². The van der Waals surface area contributed by atoms with Gasteiger partial charge in [0.15, 0.2) is 0 Å². The van der Waals surface area contributed by atoms with Gasteiger partial charge in [-0.1, -0.05) is 0 Å². The summed E-state index contributed by atoms with van der Waals surface area (Å²) in [6, 6.07) is 0.370. The zero-order valence-corrected chi connectivity index (χ0v) is 8.24. The Morgan fingerprint density at radius 1 is 1.31 bits per heavy atom. The van der Waals surface area contributed by atoms with Crippen molar-refractivity contribution in [3.05, 3.63) is 0 Å². The number of hydrogen-bond acceptors (Lipinski definition) is 3. The van der Waals surface area contributed by atoms with Crippen LogP contribution in [0.1, 0.15) is 19.3 Å². The van der Waals surface area contributed by atoms with Gasteiger partial charge in [-0.2, -0.15) is 0 Å². The summed E-state index contributed by atoms with van der Waals surface area (Å²) in [7, 11) is 0. The zero-order chi connectivity index (χ0) is 9.10. The first-order valence-electron chi connectivity index (χ1n) is 5.42. The third kappa shape index (κ3) is 2.42. The molecular weight excluding hydrogens is 164 g/mol. The maximum Gasteiger partial charge on any atom is 0.0521 e. The van der Waals surface area contributed by atoms with Crippen molar-refractivity contribution in [3.8, 4) is 0 Å². The van der Waals surface area contributed by atoms with Gasteiger partial charge in [0.2, 0.25) is 0 Å². The summed E-state index contributed by atoms with van der Waals surface area (Å²) in [5.74, 6) is 0.576. The molecule has 0 bridgehead atoms. The van der Waals surface area contributed by atoms with Gasteiger partial charge in [-0.3, -0.25) is 0 Å². The lowest BCUT2D eigenvalue weighted by molar-refractivity contribution is 0.0292. The highest BCUT2D eigenvalue weighted by Gasteiger charge is 2.25. The third-order valence-corrected chi connectivity index (χ3v) is 3.22. The molecule has 2 fully saturated rings. The highest BCUT2D eigenvalue weighted by Crippen LogP contribution is 2.17. The first-order chi connectivity index (χ1) is 6.36. The van der Waals surface area contributed by atoms with Crippen LogP contribution in [0.5, 0.6) is 0 Å². The zero-order valence-electron chi connectivity index (χ0n) is 8.24. The first-order valence-corrected chi connectivity index (χ1v) is 5.42. The Morgan fingerprint density at radius 2 is 2.08 bits per heavy atom. The molecule has 0 amide bonds. The number of nitrogens with zero attached hydrogens (tertiary/aromatic N) is 1. The van der Waals surface area contributed by atoms with Crippen LogP contribution < -0.4 is 5.73 Å². The predicted molar refractivity (Wildman–Crippen MR) is 52.6 cm³/mol. The maximum absolute atomic E-state index is 6.05. The number of hydrogen-bond donors (Lipinski definition) is 1. The molecule has 3 heteroatoms. The molecule has 2 rings (SSSR count). The standard InChI is InChI=1S/C10H20N2O/c11-10-3-6-13-8-9(10)7-12-4-1-2-5-12/h9-10H,1-8,11H2. The van der Waals surface area contributed by atoms with Gasteiger partial charge in [0.05, 0.1) is 6.61 Å². The highest BCUT2D eigenvalue weighted by molar-refractivity contribution is 4.80. The molecule has 2 aliphatic heterocycles. The van der Waals surface area contributed by atoms with Crippen LogP contribution in [0.15, 0.2) is 0 Å². The molecule has 0 aromatic rings. The predicted octanol–water partition coefficient (Wildman–Crippen LogP) is 0.446. The molecule has 0 spiro atoms. The summed E-state index contributed by atoms with van der Waals surface area (Å²) in [5.41, 5.74) is 6.05. The summed E-state index contributed by atoms with van der Waals surface area (Å²) >= 11 is 0. The largest absolute Gasteiger partial charge is 0.381 e. The van der Waals surface area contributed by atoms with E-state index < -0.39 is 0 Å². The second kappa shape index (κ2) is 4.40.